The molecule has 12 heavy (non-hydrogen) atoms. The molecule has 0 saturated heterocycles. The van der Waals surface area contributed by atoms with Gasteiger partial charge in [0.25, 0.3) is 0 Å². The molecule has 72 valence electrons. The van der Waals surface area contributed by atoms with Gasteiger partial charge in [0, 0.05) is 12.8 Å². The van der Waals surface area contributed by atoms with Gasteiger partial charge in [0.1, 0.15) is 0 Å². The first-order valence-corrected chi connectivity index (χ1v) is 4.37. The maximum atomic E-state index is 6.64. The van der Waals surface area contributed by atoms with Gasteiger partial charge in [-0.05, 0) is 11.6 Å². The maximum absolute atomic E-state index is 6.64. The third-order valence-corrected chi connectivity index (χ3v) is 0.795. The Morgan fingerprint density at radius 2 is 1.75 bits per heavy atom. The number of rotatable bonds is 3. The summed E-state index contributed by atoms with van der Waals surface area (Å²) in [6.45, 7) is 12.0. The van der Waals surface area contributed by atoms with Crippen LogP contribution in [0, 0.1) is 5.41 Å². The van der Waals surface area contributed by atoms with E-state index in [4.69, 9.17) is 11.1 Å². The molecule has 0 atom stereocenters. The highest BCUT2D eigenvalue weighted by Gasteiger charge is 1.79. The Morgan fingerprint density at radius 3 is 1.83 bits per heavy atom. The minimum Gasteiger partial charge on any atom is -0.326 e. The molecule has 0 saturated carbocycles. The summed E-state index contributed by atoms with van der Waals surface area (Å²) in [5.74, 6) is 0. The number of hydrogen-bond acceptors (Lipinski definition) is 2. The zero-order valence-corrected chi connectivity index (χ0v) is 8.72. The van der Waals surface area contributed by atoms with Crippen LogP contribution in [0.1, 0.15) is 27.7 Å². The van der Waals surface area contributed by atoms with E-state index in [1.54, 1.807) is 12.2 Å². The number of nitrogens with one attached hydrogen (secondary N) is 1. The Morgan fingerprint density at radius 1 is 1.33 bits per heavy atom. The number of allylic oxidation sites excluding steroid dienone is 1. The fourth-order valence-corrected chi connectivity index (χ4v) is 0.326. The fraction of sp³-hybridized carbons (Fsp3) is 0.500. The van der Waals surface area contributed by atoms with Crippen LogP contribution in [-0.4, -0.2) is 12.8 Å². The third-order valence-electron chi connectivity index (χ3n) is 0.795. The minimum atomic E-state index is 0.457. The molecule has 0 spiro atoms. The first-order chi connectivity index (χ1) is 5.85. The quantitative estimate of drug-likeness (QED) is 0.496. The Bertz CT molecular complexity index is 115. The second-order valence-corrected chi connectivity index (χ2v) is 1.32. The molecule has 2 heteroatoms. The van der Waals surface area contributed by atoms with E-state index in [-0.39, 0.29) is 0 Å². The van der Waals surface area contributed by atoms with Crippen molar-refractivity contribution in [3.8, 4) is 0 Å². The summed E-state index contributed by atoms with van der Waals surface area (Å²) in [5.41, 5.74) is 6.12. The first-order valence-electron chi connectivity index (χ1n) is 4.37. The highest BCUT2D eigenvalue weighted by Crippen LogP contribution is 1.87. The molecule has 0 aliphatic rings. The van der Waals surface area contributed by atoms with Crippen LogP contribution in [0.3, 0.4) is 0 Å². The van der Waals surface area contributed by atoms with Crippen LogP contribution in [0.4, 0.5) is 0 Å². The molecule has 0 aromatic rings. The van der Waals surface area contributed by atoms with E-state index in [0.29, 0.717) is 6.54 Å². The smallest absolute Gasteiger partial charge is 0.0180 e. The zero-order valence-electron chi connectivity index (χ0n) is 8.72. The number of hydrogen-bond donors (Lipinski definition) is 2. The summed E-state index contributed by atoms with van der Waals surface area (Å²) < 4.78 is 0. The van der Waals surface area contributed by atoms with E-state index in [1.807, 2.05) is 27.7 Å². The van der Waals surface area contributed by atoms with Crippen LogP contribution < -0.4 is 5.73 Å². The van der Waals surface area contributed by atoms with Crippen molar-refractivity contribution < 1.29 is 0 Å². The minimum absolute atomic E-state index is 0.457. The van der Waals surface area contributed by atoms with Crippen LogP contribution in [0.15, 0.2) is 24.3 Å². The van der Waals surface area contributed by atoms with Gasteiger partial charge in [0.05, 0.1) is 0 Å². The Balaban J connectivity index is -0.000000175. The van der Waals surface area contributed by atoms with Gasteiger partial charge in [-0.25, -0.2) is 0 Å². The van der Waals surface area contributed by atoms with Crippen LogP contribution in [0.5, 0.6) is 0 Å². The van der Waals surface area contributed by atoms with Crippen LogP contribution in [-0.2, 0) is 0 Å². The summed E-state index contributed by atoms with van der Waals surface area (Å²) in [6, 6.07) is 0. The van der Waals surface area contributed by atoms with Crippen LogP contribution in [0.25, 0.3) is 0 Å². The first kappa shape index (κ1) is 17.3. The van der Waals surface area contributed by atoms with E-state index in [1.165, 1.54) is 6.21 Å². The van der Waals surface area contributed by atoms with E-state index in [2.05, 4.69) is 6.58 Å². The second-order valence-electron chi connectivity index (χ2n) is 1.32. The summed E-state index contributed by atoms with van der Waals surface area (Å²) in [7, 11) is 0. The van der Waals surface area contributed by atoms with Gasteiger partial charge in [-0.3, -0.25) is 0 Å². The van der Waals surface area contributed by atoms with Crippen molar-refractivity contribution in [1.29, 1.82) is 5.41 Å². The Kier molecular flexibility index (Phi) is 32.3. The van der Waals surface area contributed by atoms with Crippen molar-refractivity contribution in [2.45, 2.75) is 27.7 Å². The van der Waals surface area contributed by atoms with Crippen LogP contribution in [0.2, 0.25) is 0 Å². The number of nitrogens with two attached hydrogens (primary N) is 1. The summed E-state index contributed by atoms with van der Waals surface area (Å²) in [6.07, 6.45) is 4.46. The van der Waals surface area contributed by atoms with E-state index in [0.717, 1.165) is 5.57 Å². The van der Waals surface area contributed by atoms with Crippen molar-refractivity contribution in [2.75, 3.05) is 6.54 Å². The van der Waals surface area contributed by atoms with E-state index in [9.17, 15) is 0 Å². The third kappa shape index (κ3) is 16.1. The molecule has 0 heterocycles. The topological polar surface area (TPSA) is 49.9 Å². The fourth-order valence-electron chi connectivity index (χ4n) is 0.326. The summed E-state index contributed by atoms with van der Waals surface area (Å²) >= 11 is 0. The summed E-state index contributed by atoms with van der Waals surface area (Å²) in [5, 5.41) is 6.64. The average molecular weight is 170 g/mol. The molecule has 0 rings (SSSR count). The zero-order chi connectivity index (χ0) is 10.4. The van der Waals surface area contributed by atoms with E-state index < -0.39 is 0 Å². The molecule has 0 radical (unpaired) electrons. The maximum Gasteiger partial charge on any atom is 0.0180 e. The lowest BCUT2D eigenvalue weighted by Gasteiger charge is -1.88. The molecule has 0 bridgehead atoms. The molecular formula is C10H22N2. The molecule has 0 fully saturated rings. The van der Waals surface area contributed by atoms with Gasteiger partial charge < -0.3 is 11.1 Å². The highest BCUT2D eigenvalue weighted by atomic mass is 14.5. The molecule has 0 aliphatic heterocycles. The molecule has 0 aliphatic carbocycles. The van der Waals surface area contributed by atoms with Crippen LogP contribution >= 0.6 is 0 Å². The molecule has 2 nitrogen and oxygen atoms in total. The van der Waals surface area contributed by atoms with Gasteiger partial charge in [0.2, 0.25) is 0 Å². The summed E-state index contributed by atoms with van der Waals surface area (Å²) in [4.78, 5) is 0. The van der Waals surface area contributed by atoms with Gasteiger partial charge >= 0.3 is 0 Å². The standard InChI is InChI=1S/C6H10N2.2C2H6/c1-2-6(5-8)3-4-7;2*1-2/h2-4,7H,1,5,8H2;2*1-2H3/b6-3+,7-4?;;. The SMILES string of the molecule is C=C/C(=C\C=N)CN.CC.CC. The van der Waals surface area contributed by atoms with Crippen molar-refractivity contribution in [2.24, 2.45) is 5.73 Å². The predicted octanol–water partition coefficient (Wildman–Crippen LogP) is 2.76. The predicted molar refractivity (Wildman–Crippen MR) is 58.8 cm³/mol. The van der Waals surface area contributed by atoms with Crippen molar-refractivity contribution in [3.05, 3.63) is 24.3 Å². The lowest BCUT2D eigenvalue weighted by Crippen LogP contribution is -2.00. The monoisotopic (exact) mass is 170 g/mol. The molecule has 0 unspecified atom stereocenters. The molecule has 3 N–H and O–H groups in total. The van der Waals surface area contributed by atoms with Gasteiger partial charge in [0.15, 0.2) is 0 Å². The lowest BCUT2D eigenvalue weighted by atomic mass is 10.2. The molecule has 0 aromatic heterocycles. The molecular weight excluding hydrogens is 148 g/mol. The lowest BCUT2D eigenvalue weighted by molar-refractivity contribution is 1.19. The van der Waals surface area contributed by atoms with Crippen molar-refractivity contribution >= 4 is 6.21 Å². The van der Waals surface area contributed by atoms with Gasteiger partial charge in [-0.2, -0.15) is 0 Å². The van der Waals surface area contributed by atoms with Gasteiger partial charge in [-0.15, -0.1) is 0 Å². The Hall–Kier alpha value is -0.890. The molecule has 0 amide bonds. The normalized spacial score (nSPS) is 8.25. The molecule has 0 aromatic carbocycles. The van der Waals surface area contributed by atoms with Crippen molar-refractivity contribution in [1.82, 2.24) is 0 Å². The largest absolute Gasteiger partial charge is 0.326 e. The second kappa shape index (κ2) is 22.5. The van der Waals surface area contributed by atoms with E-state index >= 15 is 0 Å². The Labute approximate surface area is 76.7 Å². The average Bonchev–Trinajstić information content (AvgIpc) is 2.20. The van der Waals surface area contributed by atoms with Gasteiger partial charge in [-0.1, -0.05) is 40.3 Å². The van der Waals surface area contributed by atoms with Crippen molar-refractivity contribution in [3.63, 3.8) is 0 Å². The highest BCUT2D eigenvalue weighted by molar-refractivity contribution is 5.69.